The SMILES string of the molecule is Cc1ccc2ccccc2c1C(=O)C(F)(F)Br. The molecule has 0 saturated heterocycles. The van der Waals surface area contributed by atoms with Crippen molar-refractivity contribution in [3.63, 3.8) is 0 Å². The van der Waals surface area contributed by atoms with Crippen LogP contribution in [0.5, 0.6) is 0 Å². The van der Waals surface area contributed by atoms with Gasteiger partial charge in [0.2, 0.25) is 5.78 Å². The third kappa shape index (κ3) is 2.22. The molecule has 0 aliphatic carbocycles. The van der Waals surface area contributed by atoms with Crippen LogP contribution in [0.1, 0.15) is 15.9 Å². The van der Waals surface area contributed by atoms with E-state index in [2.05, 4.69) is 15.9 Å². The average Bonchev–Trinajstić information content (AvgIpc) is 2.27. The fraction of sp³-hybridized carbons (Fsp3) is 0.154. The zero-order valence-electron chi connectivity index (χ0n) is 9.01. The number of rotatable bonds is 2. The number of carbonyl (C=O) groups is 1. The van der Waals surface area contributed by atoms with E-state index in [-0.39, 0.29) is 5.56 Å². The molecular formula is C13H9BrF2O. The van der Waals surface area contributed by atoms with Gasteiger partial charge < -0.3 is 0 Å². The maximum atomic E-state index is 13.1. The Kier molecular flexibility index (Phi) is 3.00. The number of carbonyl (C=O) groups excluding carboxylic acids is 1. The van der Waals surface area contributed by atoms with E-state index < -0.39 is 10.6 Å². The van der Waals surface area contributed by atoms with Crippen molar-refractivity contribution in [2.75, 3.05) is 0 Å². The topological polar surface area (TPSA) is 17.1 Å². The number of hydrogen-bond acceptors (Lipinski definition) is 1. The van der Waals surface area contributed by atoms with Crippen LogP contribution in [0.25, 0.3) is 10.8 Å². The Bertz CT molecular complexity index is 587. The first kappa shape index (κ1) is 12.2. The van der Waals surface area contributed by atoms with Crippen molar-refractivity contribution < 1.29 is 13.6 Å². The van der Waals surface area contributed by atoms with Crippen molar-refractivity contribution in [2.24, 2.45) is 0 Å². The summed E-state index contributed by atoms with van der Waals surface area (Å²) in [6.07, 6.45) is 0. The average molecular weight is 299 g/mol. The predicted octanol–water partition coefficient (Wildman–Crippen LogP) is 4.32. The molecule has 2 aromatic carbocycles. The summed E-state index contributed by atoms with van der Waals surface area (Å²) in [6.45, 7) is 1.65. The maximum Gasteiger partial charge on any atom is 0.363 e. The van der Waals surface area contributed by atoms with E-state index in [1.165, 1.54) is 0 Å². The van der Waals surface area contributed by atoms with Crippen LogP contribution in [0.4, 0.5) is 8.78 Å². The molecule has 0 bridgehead atoms. The van der Waals surface area contributed by atoms with E-state index in [1.807, 2.05) is 6.07 Å². The molecule has 88 valence electrons. The van der Waals surface area contributed by atoms with Gasteiger partial charge in [-0.3, -0.25) is 4.79 Å². The minimum Gasteiger partial charge on any atom is -0.286 e. The summed E-state index contributed by atoms with van der Waals surface area (Å²) in [7, 11) is 0. The van der Waals surface area contributed by atoms with Gasteiger partial charge in [-0.2, -0.15) is 8.78 Å². The highest BCUT2D eigenvalue weighted by molar-refractivity contribution is 9.10. The third-order valence-electron chi connectivity index (χ3n) is 2.62. The maximum absolute atomic E-state index is 13.1. The van der Waals surface area contributed by atoms with Crippen LogP contribution >= 0.6 is 15.9 Å². The van der Waals surface area contributed by atoms with Crippen LogP contribution in [-0.2, 0) is 0 Å². The summed E-state index contributed by atoms with van der Waals surface area (Å²) in [5.74, 6) is -1.20. The van der Waals surface area contributed by atoms with Gasteiger partial charge in [-0.25, -0.2) is 0 Å². The lowest BCUT2D eigenvalue weighted by molar-refractivity contribution is 0.0594. The van der Waals surface area contributed by atoms with Crippen LogP contribution in [-0.4, -0.2) is 10.6 Å². The molecule has 2 rings (SSSR count). The highest BCUT2D eigenvalue weighted by Gasteiger charge is 2.37. The molecule has 0 unspecified atom stereocenters. The molecule has 0 saturated carbocycles. The molecule has 17 heavy (non-hydrogen) atoms. The van der Waals surface area contributed by atoms with E-state index in [9.17, 15) is 13.6 Å². The van der Waals surface area contributed by atoms with Crippen molar-refractivity contribution >= 4 is 32.5 Å². The fourth-order valence-corrected chi connectivity index (χ4v) is 2.02. The number of Topliss-reactive ketones (excluding diaryl/α,β-unsaturated/α-hetero) is 1. The van der Waals surface area contributed by atoms with Gasteiger partial charge >= 0.3 is 4.83 Å². The monoisotopic (exact) mass is 298 g/mol. The fourth-order valence-electron chi connectivity index (χ4n) is 1.82. The van der Waals surface area contributed by atoms with Crippen LogP contribution in [0.15, 0.2) is 36.4 Å². The molecule has 0 spiro atoms. The molecule has 0 amide bonds. The number of ketones is 1. The van der Waals surface area contributed by atoms with Crippen LogP contribution in [0.2, 0.25) is 0 Å². The normalized spacial score (nSPS) is 11.8. The zero-order valence-corrected chi connectivity index (χ0v) is 10.6. The van der Waals surface area contributed by atoms with Gasteiger partial charge in [-0.15, -0.1) is 0 Å². The molecule has 0 aliphatic rings. The molecule has 0 aliphatic heterocycles. The summed E-state index contributed by atoms with van der Waals surface area (Å²) in [4.78, 5) is 8.18. The number of fused-ring (bicyclic) bond motifs is 1. The number of alkyl halides is 3. The molecule has 1 nitrogen and oxygen atoms in total. The van der Waals surface area contributed by atoms with Crippen molar-refractivity contribution in [3.05, 3.63) is 47.5 Å². The first-order chi connectivity index (χ1) is 7.91. The molecule has 0 fully saturated rings. The smallest absolute Gasteiger partial charge is 0.286 e. The van der Waals surface area contributed by atoms with Crippen LogP contribution < -0.4 is 0 Å². The summed E-state index contributed by atoms with van der Waals surface area (Å²) in [5, 5.41) is 1.33. The molecule has 0 N–H and O–H groups in total. The Morgan fingerprint density at radius 3 is 2.47 bits per heavy atom. The highest BCUT2D eigenvalue weighted by Crippen LogP contribution is 2.32. The lowest BCUT2D eigenvalue weighted by Gasteiger charge is -2.12. The molecule has 2 aromatic rings. The first-order valence-electron chi connectivity index (χ1n) is 5.01. The van der Waals surface area contributed by atoms with Crippen molar-refractivity contribution in [3.8, 4) is 0 Å². The molecule has 0 radical (unpaired) electrons. The van der Waals surface area contributed by atoms with E-state index in [1.54, 1.807) is 37.3 Å². The lowest BCUT2D eigenvalue weighted by Crippen LogP contribution is -2.22. The van der Waals surface area contributed by atoms with Gasteiger partial charge in [-0.05, 0) is 39.2 Å². The Morgan fingerprint density at radius 1 is 1.18 bits per heavy atom. The molecule has 4 heteroatoms. The van der Waals surface area contributed by atoms with Crippen molar-refractivity contribution in [1.29, 1.82) is 0 Å². The molecular weight excluding hydrogens is 290 g/mol. The van der Waals surface area contributed by atoms with Crippen LogP contribution in [0.3, 0.4) is 0 Å². The van der Waals surface area contributed by atoms with Gasteiger partial charge in [0.25, 0.3) is 0 Å². The third-order valence-corrected chi connectivity index (χ3v) is 2.98. The van der Waals surface area contributed by atoms with E-state index >= 15 is 0 Å². The Balaban J connectivity index is 2.76. The molecule has 0 atom stereocenters. The predicted molar refractivity (Wildman–Crippen MR) is 66.9 cm³/mol. The summed E-state index contributed by atoms with van der Waals surface area (Å²) in [6, 6.07) is 10.5. The van der Waals surface area contributed by atoms with Crippen molar-refractivity contribution in [2.45, 2.75) is 11.8 Å². The van der Waals surface area contributed by atoms with Gasteiger partial charge in [0, 0.05) is 5.56 Å². The largest absolute Gasteiger partial charge is 0.363 e. The zero-order chi connectivity index (χ0) is 12.6. The standard InChI is InChI=1S/C13H9BrF2O/c1-8-6-7-9-4-2-3-5-10(9)11(8)12(17)13(14,15)16/h2-7H,1H3. The first-order valence-corrected chi connectivity index (χ1v) is 5.80. The Hall–Kier alpha value is -1.29. The summed E-state index contributed by atoms with van der Waals surface area (Å²) < 4.78 is 26.2. The number of aryl methyl sites for hydroxylation is 1. The Labute approximate surface area is 106 Å². The number of benzene rings is 2. The minimum atomic E-state index is -3.53. The van der Waals surface area contributed by atoms with Gasteiger partial charge in [0.1, 0.15) is 0 Å². The van der Waals surface area contributed by atoms with Crippen molar-refractivity contribution in [1.82, 2.24) is 0 Å². The van der Waals surface area contributed by atoms with E-state index in [4.69, 9.17) is 0 Å². The summed E-state index contributed by atoms with van der Waals surface area (Å²) in [5.41, 5.74) is 0.623. The van der Waals surface area contributed by atoms with E-state index in [0.29, 0.717) is 10.9 Å². The van der Waals surface area contributed by atoms with Gasteiger partial charge in [-0.1, -0.05) is 36.4 Å². The quantitative estimate of drug-likeness (QED) is 0.596. The number of halogens is 3. The molecule has 0 heterocycles. The second-order valence-corrected chi connectivity index (χ2v) is 4.80. The molecule has 0 aromatic heterocycles. The second-order valence-electron chi connectivity index (χ2n) is 3.81. The van der Waals surface area contributed by atoms with Gasteiger partial charge in [0.15, 0.2) is 0 Å². The minimum absolute atomic E-state index is 0.0741. The summed E-state index contributed by atoms with van der Waals surface area (Å²) >= 11 is 2.12. The van der Waals surface area contributed by atoms with Crippen LogP contribution in [0, 0.1) is 6.92 Å². The lowest BCUT2D eigenvalue weighted by atomic mass is 9.97. The van der Waals surface area contributed by atoms with Gasteiger partial charge in [0.05, 0.1) is 0 Å². The second kappa shape index (κ2) is 4.18. The number of hydrogen-bond donors (Lipinski definition) is 0. The Morgan fingerprint density at radius 2 is 1.82 bits per heavy atom. The van der Waals surface area contributed by atoms with E-state index in [0.717, 1.165) is 5.39 Å². The highest BCUT2D eigenvalue weighted by atomic mass is 79.9.